The van der Waals surface area contributed by atoms with Crippen LogP contribution >= 0.6 is 0 Å². The largest absolute Gasteiger partial charge is 0.457 e. The van der Waals surface area contributed by atoms with Crippen molar-refractivity contribution in [3.63, 3.8) is 0 Å². The van der Waals surface area contributed by atoms with Gasteiger partial charge in [-0.1, -0.05) is 60.7 Å². The third-order valence-corrected chi connectivity index (χ3v) is 4.80. The maximum Gasteiger partial charge on any atom is 0.309 e. The number of ketones is 1. The number of hydrogen-bond acceptors (Lipinski definition) is 4. The third-order valence-electron chi connectivity index (χ3n) is 4.80. The number of rotatable bonds is 6. The molecule has 3 rings (SSSR count). The summed E-state index contributed by atoms with van der Waals surface area (Å²) in [5, 5.41) is 0. The van der Waals surface area contributed by atoms with Gasteiger partial charge in [-0.3, -0.25) is 14.4 Å². The van der Waals surface area contributed by atoms with E-state index in [4.69, 9.17) is 4.74 Å². The number of nitrogens with zero attached hydrogens (tertiary/aromatic N) is 1. The van der Waals surface area contributed by atoms with Gasteiger partial charge in [-0.05, 0) is 24.5 Å². The topological polar surface area (TPSA) is 63.7 Å². The van der Waals surface area contributed by atoms with Crippen LogP contribution in [0.1, 0.15) is 28.8 Å². The lowest BCUT2D eigenvalue weighted by molar-refractivity contribution is -0.150. The highest BCUT2D eigenvalue weighted by Gasteiger charge is 2.28. The van der Waals surface area contributed by atoms with E-state index in [2.05, 4.69) is 0 Å². The molecule has 0 N–H and O–H groups in total. The van der Waals surface area contributed by atoms with Gasteiger partial charge in [0.25, 0.3) is 0 Å². The van der Waals surface area contributed by atoms with Crippen molar-refractivity contribution in [3.8, 4) is 0 Å². The van der Waals surface area contributed by atoms with Gasteiger partial charge in [0.05, 0.1) is 5.92 Å². The maximum atomic E-state index is 12.3. The Hall–Kier alpha value is -3.21. The van der Waals surface area contributed by atoms with Crippen LogP contribution in [0.5, 0.6) is 0 Å². The van der Waals surface area contributed by atoms with Crippen molar-refractivity contribution in [3.05, 3.63) is 77.9 Å². The van der Waals surface area contributed by atoms with E-state index in [1.54, 1.807) is 41.3 Å². The normalized spacial score (nSPS) is 14.8. The zero-order valence-corrected chi connectivity index (χ0v) is 15.6. The van der Waals surface area contributed by atoms with E-state index in [0.717, 1.165) is 5.56 Å². The highest BCUT2D eigenvalue weighted by molar-refractivity contribution is 5.98. The average Bonchev–Trinajstić information content (AvgIpc) is 2.77. The second-order valence-corrected chi connectivity index (χ2v) is 6.74. The molecule has 0 aromatic heterocycles. The first-order valence-electron chi connectivity index (χ1n) is 9.40. The van der Waals surface area contributed by atoms with E-state index in [-0.39, 0.29) is 30.2 Å². The van der Waals surface area contributed by atoms with Crippen LogP contribution in [-0.4, -0.2) is 42.3 Å². The Bertz CT molecular complexity index is 837. The number of Topliss-reactive ketones (excluding diaryl/α,β-unsaturated/α-hetero) is 1. The fourth-order valence-corrected chi connectivity index (χ4v) is 3.13. The molecule has 1 aliphatic rings. The van der Waals surface area contributed by atoms with Gasteiger partial charge < -0.3 is 9.64 Å². The first kappa shape index (κ1) is 19.5. The van der Waals surface area contributed by atoms with Gasteiger partial charge >= 0.3 is 5.97 Å². The minimum Gasteiger partial charge on any atom is -0.457 e. The molecule has 1 amide bonds. The van der Waals surface area contributed by atoms with Gasteiger partial charge in [-0.25, -0.2) is 0 Å². The van der Waals surface area contributed by atoms with Crippen molar-refractivity contribution in [2.45, 2.75) is 12.8 Å². The summed E-state index contributed by atoms with van der Waals surface area (Å²) >= 11 is 0. The summed E-state index contributed by atoms with van der Waals surface area (Å²) in [4.78, 5) is 38.3. The molecule has 2 aromatic rings. The standard InChI is InChI=1S/C23H23NO4/c25-21(19-9-5-2-6-10-19)17-28-23(27)20-13-15-24(16-14-20)22(26)12-11-18-7-3-1-4-8-18/h1-12,20H,13-17H2/b12-11+. The van der Waals surface area contributed by atoms with Crippen molar-refractivity contribution < 1.29 is 19.1 Å². The summed E-state index contributed by atoms with van der Waals surface area (Å²) in [6.07, 6.45) is 4.44. The highest BCUT2D eigenvalue weighted by atomic mass is 16.5. The zero-order valence-electron chi connectivity index (χ0n) is 15.6. The van der Waals surface area contributed by atoms with Gasteiger partial charge in [0.2, 0.25) is 5.91 Å². The van der Waals surface area contributed by atoms with Crippen LogP contribution in [0.2, 0.25) is 0 Å². The Labute approximate surface area is 164 Å². The van der Waals surface area contributed by atoms with Crippen molar-refractivity contribution in [2.75, 3.05) is 19.7 Å². The second kappa shape index (κ2) is 9.65. The molecule has 0 saturated carbocycles. The van der Waals surface area contributed by atoms with Crippen LogP contribution in [0.15, 0.2) is 66.7 Å². The summed E-state index contributed by atoms with van der Waals surface area (Å²) in [6, 6.07) is 18.4. The SMILES string of the molecule is O=C(COC(=O)C1CCN(C(=O)/C=C/c2ccccc2)CC1)c1ccccc1. The number of likely N-dealkylation sites (tertiary alicyclic amines) is 1. The first-order valence-corrected chi connectivity index (χ1v) is 9.40. The van der Waals surface area contributed by atoms with Crippen LogP contribution in [0.25, 0.3) is 6.08 Å². The molecule has 5 heteroatoms. The monoisotopic (exact) mass is 377 g/mol. The molecule has 0 unspecified atom stereocenters. The van der Waals surface area contributed by atoms with Crippen LogP contribution in [0.3, 0.4) is 0 Å². The number of carbonyl (C=O) groups excluding carboxylic acids is 3. The number of amides is 1. The Balaban J connectivity index is 1.43. The molecular weight excluding hydrogens is 354 g/mol. The molecule has 144 valence electrons. The van der Waals surface area contributed by atoms with Crippen molar-refractivity contribution in [1.29, 1.82) is 0 Å². The Kier molecular flexibility index (Phi) is 6.73. The van der Waals surface area contributed by atoms with Gasteiger partial charge in [0.15, 0.2) is 12.4 Å². The van der Waals surface area contributed by atoms with Gasteiger partial charge in [-0.15, -0.1) is 0 Å². The minimum absolute atomic E-state index is 0.0603. The summed E-state index contributed by atoms with van der Waals surface area (Å²) in [6.45, 7) is 0.760. The molecule has 1 fully saturated rings. The van der Waals surface area contributed by atoms with E-state index >= 15 is 0 Å². The molecule has 0 bridgehead atoms. The predicted molar refractivity (Wildman–Crippen MR) is 107 cm³/mol. The lowest BCUT2D eigenvalue weighted by Gasteiger charge is -2.30. The van der Waals surface area contributed by atoms with Gasteiger partial charge in [0, 0.05) is 24.7 Å². The third kappa shape index (κ3) is 5.39. The minimum atomic E-state index is -0.365. The molecule has 2 aromatic carbocycles. The average molecular weight is 377 g/mol. The van der Waals surface area contributed by atoms with Crippen molar-refractivity contribution >= 4 is 23.7 Å². The lowest BCUT2D eigenvalue weighted by atomic mass is 9.97. The van der Waals surface area contributed by atoms with Crippen LogP contribution in [-0.2, 0) is 14.3 Å². The molecule has 0 atom stereocenters. The van der Waals surface area contributed by atoms with E-state index in [9.17, 15) is 14.4 Å². The quantitative estimate of drug-likeness (QED) is 0.440. The molecule has 5 nitrogen and oxygen atoms in total. The lowest BCUT2D eigenvalue weighted by Crippen LogP contribution is -2.40. The number of piperidine rings is 1. The van der Waals surface area contributed by atoms with E-state index in [1.165, 1.54) is 0 Å². The Morgan fingerprint density at radius 2 is 1.54 bits per heavy atom. The first-order chi connectivity index (χ1) is 13.6. The van der Waals surface area contributed by atoms with E-state index in [0.29, 0.717) is 31.5 Å². The summed E-state index contributed by atoms with van der Waals surface area (Å²) in [7, 11) is 0. The summed E-state index contributed by atoms with van der Waals surface area (Å²) in [5.74, 6) is -0.913. The maximum absolute atomic E-state index is 12.3. The summed E-state index contributed by atoms with van der Waals surface area (Å²) < 4.78 is 5.19. The van der Waals surface area contributed by atoms with E-state index < -0.39 is 0 Å². The summed E-state index contributed by atoms with van der Waals surface area (Å²) in [5.41, 5.74) is 1.50. The molecule has 0 aliphatic carbocycles. The molecule has 1 aliphatic heterocycles. The second-order valence-electron chi connectivity index (χ2n) is 6.74. The molecule has 0 radical (unpaired) electrons. The zero-order chi connectivity index (χ0) is 19.8. The van der Waals surface area contributed by atoms with Crippen LogP contribution in [0.4, 0.5) is 0 Å². The molecule has 1 saturated heterocycles. The number of benzene rings is 2. The fourth-order valence-electron chi connectivity index (χ4n) is 3.13. The van der Waals surface area contributed by atoms with Gasteiger partial charge in [-0.2, -0.15) is 0 Å². The number of carbonyl (C=O) groups is 3. The van der Waals surface area contributed by atoms with Crippen LogP contribution in [0, 0.1) is 5.92 Å². The van der Waals surface area contributed by atoms with Crippen molar-refractivity contribution in [2.24, 2.45) is 5.92 Å². The molecule has 28 heavy (non-hydrogen) atoms. The highest BCUT2D eigenvalue weighted by Crippen LogP contribution is 2.19. The fraction of sp³-hybridized carbons (Fsp3) is 0.261. The van der Waals surface area contributed by atoms with Gasteiger partial charge in [0.1, 0.15) is 0 Å². The number of esters is 1. The Morgan fingerprint density at radius 1 is 0.929 bits per heavy atom. The number of hydrogen-bond donors (Lipinski definition) is 0. The molecule has 0 spiro atoms. The van der Waals surface area contributed by atoms with Crippen molar-refractivity contribution in [1.82, 2.24) is 4.90 Å². The Morgan fingerprint density at radius 3 is 2.18 bits per heavy atom. The smallest absolute Gasteiger partial charge is 0.309 e. The molecular formula is C23H23NO4. The molecule has 1 heterocycles. The number of ether oxygens (including phenoxy) is 1. The van der Waals surface area contributed by atoms with E-state index in [1.807, 2.05) is 36.4 Å². The predicted octanol–water partition coefficient (Wildman–Crippen LogP) is 3.36. The van der Waals surface area contributed by atoms with Crippen LogP contribution < -0.4 is 0 Å².